The molecular weight excluding hydrogens is 1040 g/mol. The summed E-state index contributed by atoms with van der Waals surface area (Å²) in [6.45, 7) is 12.9. The number of methoxy groups -OCH3 is 1. The molecule has 5 heterocycles. The number of carbonyl (C=O) groups excluding carboxylic acids is 2. The van der Waals surface area contributed by atoms with E-state index in [1.807, 2.05) is 13.0 Å². The summed E-state index contributed by atoms with van der Waals surface area (Å²) in [6.07, 6.45) is -20.2. The Balaban J connectivity index is 0.887. The van der Waals surface area contributed by atoms with Gasteiger partial charge in [0.15, 0.2) is 25.2 Å². The largest absolute Gasteiger partial charge is 0.462 e. The lowest BCUT2D eigenvalue weighted by Crippen LogP contribution is -2.66. The molecule has 5 aliphatic heterocycles. The fourth-order valence-corrected chi connectivity index (χ4v) is 16.0. The van der Waals surface area contributed by atoms with Gasteiger partial charge in [-0.05, 0) is 82.0 Å². The topological polar surface area (TPSA) is 358 Å². The Morgan fingerprint density at radius 3 is 2.01 bits per heavy atom. The van der Waals surface area contributed by atoms with Crippen LogP contribution in [0.1, 0.15) is 100 Å². The molecule has 0 aromatic heterocycles. The van der Waals surface area contributed by atoms with Gasteiger partial charge in [0.05, 0.1) is 49.5 Å². The van der Waals surface area contributed by atoms with Crippen molar-refractivity contribution in [3.8, 4) is 0 Å². The number of ether oxygens (including phenoxy) is 11. The van der Waals surface area contributed by atoms with Crippen molar-refractivity contribution in [1.29, 1.82) is 0 Å². The summed E-state index contributed by atoms with van der Waals surface area (Å²) in [5.74, 6) is -1.08. The number of aliphatic hydroxyl groups is 11. The van der Waals surface area contributed by atoms with Crippen molar-refractivity contribution in [2.45, 2.75) is 234 Å². The molecule has 3 saturated carbocycles. The van der Waals surface area contributed by atoms with E-state index < -0.39 is 182 Å². The lowest BCUT2D eigenvalue weighted by Gasteiger charge is -2.63. The average Bonchev–Trinajstić information content (AvgIpc) is 2.39. The van der Waals surface area contributed by atoms with E-state index in [4.69, 9.17) is 52.1 Å². The highest BCUT2D eigenvalue weighted by atomic mass is 16.8. The molecule has 8 fully saturated rings. The number of fused-ring (bicyclic) bond motifs is 4. The second-order valence-corrected chi connectivity index (χ2v) is 25.6. The molecule has 0 amide bonds. The number of cyclic esters (lactones) is 1. The minimum absolute atomic E-state index is 0.0263. The Morgan fingerprint density at radius 1 is 0.734 bits per heavy atom. The van der Waals surface area contributed by atoms with Gasteiger partial charge in [0.1, 0.15) is 97.2 Å². The second kappa shape index (κ2) is 22.6. The minimum atomic E-state index is -1.96. The zero-order chi connectivity index (χ0) is 57.7. The first-order valence-corrected chi connectivity index (χ1v) is 27.9. The number of carbonyl (C=O) groups is 2. The van der Waals surface area contributed by atoms with Crippen LogP contribution >= 0.6 is 0 Å². The van der Waals surface area contributed by atoms with Crippen molar-refractivity contribution in [1.82, 2.24) is 0 Å². The lowest BCUT2D eigenvalue weighted by molar-refractivity contribution is -0.385. The van der Waals surface area contributed by atoms with Gasteiger partial charge < -0.3 is 108 Å². The van der Waals surface area contributed by atoms with Crippen LogP contribution in [0, 0.1) is 39.4 Å². The van der Waals surface area contributed by atoms with E-state index in [9.17, 15) is 65.8 Å². The molecule has 5 saturated heterocycles. The number of esters is 2. The third-order valence-electron chi connectivity index (χ3n) is 19.8. The third-order valence-corrected chi connectivity index (χ3v) is 19.8. The van der Waals surface area contributed by atoms with E-state index in [2.05, 4.69) is 33.8 Å². The summed E-state index contributed by atoms with van der Waals surface area (Å²) in [5.41, 5.74) is -3.41. The first kappa shape index (κ1) is 61.2. The Kier molecular flexibility index (Phi) is 17.5. The van der Waals surface area contributed by atoms with Gasteiger partial charge in [-0.2, -0.15) is 0 Å². The maximum Gasteiger partial charge on any atom is 0.314 e. The Hall–Kier alpha value is -2.38. The standard InChI is InChI=1S/C55H86O24/c1-24(58)72-29-19-53(7)26-11-12-32-51(4,5)33(14-17-52(32,6)25(26)13-18-55(53)44(29)54(8,79-49(55)67)16-10-15-50(2,3)68)75-48-43(34(61)27(59)22-71-48)78-46-37(64)36(63)41(31(21-57)74-46)77-45-38(65)40(28(60)23-70-45)76-47-39(66)42(69-9)35(62)30(20-56)73-47/h10-11,15,25,27-48,56-57,59-66,68H,12-14,16-23H2,1-9H3/b15-10+/t25-,27-,28-,29+,30-,31-,32+,33+,34+,35-,36-,37-,38-,39-,40+,41-,42+,43-,44-,45+,46+,47+,48+,52-,53+,54+,55-/m1/s1. The minimum Gasteiger partial charge on any atom is -0.462 e. The zero-order valence-electron chi connectivity index (χ0n) is 46.5. The fourth-order valence-electron chi connectivity index (χ4n) is 16.0. The number of rotatable bonds is 15. The SMILES string of the molecule is CO[C@@H]1[C@@H](O)[C@H](O[C@@H]2[C@@H](O)[C@H](O[C@H]3[C@H](O)[C@@H](O)[C@H](O[C@H]4[C@H](O[C@H]5CC[C@]6(C)[C@@H]7CC[C@]89C(=O)O[C@@](C)(C/C=C/C(C)(C)O)[C@H]8[C@@H](OC(C)=O)C[C@@]9(C)C7=CC[C@H]6C5(C)C)OC[C@@H](O)[C@@H]4O)O[C@@H]3CO)OC[C@H]2O)O[C@H](CO)[C@H]1O. The molecular formula is C55H86O24. The molecule has 0 unspecified atom stereocenters. The Labute approximate surface area is 459 Å². The predicted octanol–water partition coefficient (Wildman–Crippen LogP) is -1.26. The van der Waals surface area contributed by atoms with Gasteiger partial charge in [-0.15, -0.1) is 0 Å². The third kappa shape index (κ3) is 10.5. The zero-order valence-corrected chi connectivity index (χ0v) is 46.5. The number of hydrogen-bond acceptors (Lipinski definition) is 24. The van der Waals surface area contributed by atoms with Crippen LogP contribution in [0.5, 0.6) is 0 Å². The van der Waals surface area contributed by atoms with Crippen molar-refractivity contribution < 1.29 is 118 Å². The van der Waals surface area contributed by atoms with Gasteiger partial charge in [0, 0.05) is 25.9 Å². The molecule has 24 nitrogen and oxygen atoms in total. The van der Waals surface area contributed by atoms with Gasteiger partial charge in [-0.3, -0.25) is 9.59 Å². The molecule has 1 spiro atoms. The summed E-state index contributed by atoms with van der Waals surface area (Å²) in [5, 5.41) is 120. The molecule has 9 rings (SSSR count). The van der Waals surface area contributed by atoms with Crippen molar-refractivity contribution in [2.75, 3.05) is 33.5 Å². The number of hydrogen-bond donors (Lipinski definition) is 11. The number of allylic oxidation sites excluding steroid dienone is 2. The smallest absolute Gasteiger partial charge is 0.314 e. The molecule has 0 aromatic rings. The van der Waals surface area contributed by atoms with Gasteiger partial charge in [0.2, 0.25) is 0 Å². The van der Waals surface area contributed by atoms with Crippen LogP contribution in [0.25, 0.3) is 0 Å². The maximum atomic E-state index is 14.6. The first-order valence-electron chi connectivity index (χ1n) is 27.9. The summed E-state index contributed by atoms with van der Waals surface area (Å²) in [6, 6.07) is 0. The molecule has 11 N–H and O–H groups in total. The molecule has 24 heteroatoms. The van der Waals surface area contributed by atoms with Crippen molar-refractivity contribution in [3.63, 3.8) is 0 Å². The Morgan fingerprint density at radius 2 is 1.35 bits per heavy atom. The van der Waals surface area contributed by atoms with Crippen LogP contribution < -0.4 is 0 Å². The molecule has 450 valence electrons. The van der Waals surface area contributed by atoms with Crippen LogP contribution in [-0.4, -0.2) is 236 Å². The van der Waals surface area contributed by atoms with Crippen molar-refractivity contribution in [2.24, 2.45) is 39.4 Å². The van der Waals surface area contributed by atoms with Crippen LogP contribution in [0.4, 0.5) is 0 Å². The highest BCUT2D eigenvalue weighted by Crippen LogP contribution is 2.76. The Bertz CT molecular complexity index is 2240. The maximum absolute atomic E-state index is 14.6. The van der Waals surface area contributed by atoms with Crippen molar-refractivity contribution >= 4 is 11.9 Å². The van der Waals surface area contributed by atoms with Gasteiger partial charge >= 0.3 is 11.9 Å². The van der Waals surface area contributed by atoms with Gasteiger partial charge in [-0.25, -0.2) is 0 Å². The summed E-state index contributed by atoms with van der Waals surface area (Å²) in [4.78, 5) is 27.4. The second-order valence-electron chi connectivity index (χ2n) is 25.6. The highest BCUT2D eigenvalue weighted by Gasteiger charge is 2.79. The first-order chi connectivity index (χ1) is 37.0. The molecule has 0 aromatic carbocycles. The highest BCUT2D eigenvalue weighted by molar-refractivity contribution is 5.84. The molecule has 27 atom stereocenters. The monoisotopic (exact) mass is 1130 g/mol. The molecule has 9 aliphatic rings. The summed E-state index contributed by atoms with van der Waals surface area (Å²) < 4.78 is 65.5. The van der Waals surface area contributed by atoms with Crippen molar-refractivity contribution in [3.05, 3.63) is 23.8 Å². The number of aliphatic hydroxyl groups excluding tert-OH is 10. The summed E-state index contributed by atoms with van der Waals surface area (Å²) >= 11 is 0. The van der Waals surface area contributed by atoms with Crippen LogP contribution in [0.3, 0.4) is 0 Å². The predicted molar refractivity (Wildman–Crippen MR) is 268 cm³/mol. The van der Waals surface area contributed by atoms with E-state index >= 15 is 0 Å². The molecule has 4 aliphatic carbocycles. The van der Waals surface area contributed by atoms with E-state index in [1.54, 1.807) is 19.9 Å². The molecule has 0 radical (unpaired) electrons. The lowest BCUT2D eigenvalue weighted by atomic mass is 9.41. The molecule has 0 bridgehead atoms. The van der Waals surface area contributed by atoms with Gasteiger partial charge in [-0.1, -0.05) is 51.5 Å². The van der Waals surface area contributed by atoms with Gasteiger partial charge in [0.25, 0.3) is 0 Å². The van der Waals surface area contributed by atoms with E-state index in [1.165, 1.54) is 19.6 Å². The van der Waals surface area contributed by atoms with E-state index in [0.717, 1.165) is 0 Å². The van der Waals surface area contributed by atoms with Crippen LogP contribution in [0.2, 0.25) is 0 Å². The van der Waals surface area contributed by atoms with E-state index in [-0.39, 0.29) is 29.8 Å². The fraction of sp³-hybridized carbons (Fsp3) is 0.891. The van der Waals surface area contributed by atoms with Crippen LogP contribution in [-0.2, 0) is 61.7 Å². The van der Waals surface area contributed by atoms with Crippen LogP contribution in [0.15, 0.2) is 23.8 Å². The quantitative estimate of drug-likeness (QED) is 0.0673. The summed E-state index contributed by atoms with van der Waals surface area (Å²) in [7, 11) is 1.21. The molecule has 79 heavy (non-hydrogen) atoms. The average molecular weight is 1130 g/mol. The van der Waals surface area contributed by atoms with E-state index in [0.29, 0.717) is 44.9 Å². The normalized spacial score (nSPS) is 50.7.